The summed E-state index contributed by atoms with van der Waals surface area (Å²) in [5.74, 6) is 0. The van der Waals surface area contributed by atoms with Crippen molar-refractivity contribution in [2.45, 2.75) is 0 Å². The molecule has 12 rings (SSSR count). The smallest absolute Gasteiger partial charge is 0.0571 e. The van der Waals surface area contributed by atoms with E-state index in [4.69, 9.17) is 0 Å². The van der Waals surface area contributed by atoms with E-state index in [9.17, 15) is 0 Å². The summed E-state index contributed by atoms with van der Waals surface area (Å²) in [7, 11) is 0. The second-order valence-corrected chi connectivity index (χ2v) is 14.4. The first-order valence-electron chi connectivity index (χ1n) is 18.5. The Hall–Kier alpha value is -7.23. The van der Waals surface area contributed by atoms with Crippen molar-refractivity contribution in [1.29, 1.82) is 0 Å². The normalized spacial score (nSPS) is 12.1. The van der Waals surface area contributed by atoms with Crippen LogP contribution >= 0.6 is 0 Å². The Morgan fingerprint density at radius 1 is 0.315 bits per heavy atom. The predicted octanol–water partition coefficient (Wildman–Crippen LogP) is 13.4. The van der Waals surface area contributed by atoms with Crippen molar-refractivity contribution in [1.82, 2.24) is 14.1 Å². The van der Waals surface area contributed by atoms with Gasteiger partial charge in [0.05, 0.1) is 22.1 Å². The van der Waals surface area contributed by atoms with E-state index in [1.54, 1.807) is 0 Å². The molecule has 8 aromatic carbocycles. The minimum absolute atomic E-state index is 1.13. The van der Waals surface area contributed by atoms with E-state index in [0.29, 0.717) is 0 Å². The molecule has 0 N–H and O–H groups in total. The van der Waals surface area contributed by atoms with Gasteiger partial charge < -0.3 is 9.13 Å². The zero-order valence-corrected chi connectivity index (χ0v) is 29.2. The van der Waals surface area contributed by atoms with Gasteiger partial charge >= 0.3 is 0 Å². The van der Waals surface area contributed by atoms with Crippen LogP contribution in [0.3, 0.4) is 0 Å². The SMILES string of the molecule is c1ccc(-n2c3ccccc3c3cc(-c4ccc5c(c4)c4cnccc4n5-c4ccc(-c5ccc6c7c(cccc57)-c5ccccc5-6)cc4)ccc32)cc1. The summed E-state index contributed by atoms with van der Waals surface area (Å²) in [5.41, 5.74) is 17.2. The van der Waals surface area contributed by atoms with Gasteiger partial charge in [-0.05, 0) is 116 Å². The number of aromatic nitrogens is 3. The maximum atomic E-state index is 4.58. The Balaban J connectivity index is 0.971. The first kappa shape index (κ1) is 29.4. The third-order valence-corrected chi connectivity index (χ3v) is 11.6. The van der Waals surface area contributed by atoms with Crippen LogP contribution in [-0.4, -0.2) is 14.1 Å². The van der Waals surface area contributed by atoms with Gasteiger partial charge in [-0.2, -0.15) is 0 Å². The summed E-state index contributed by atoms with van der Waals surface area (Å²) < 4.78 is 4.74. The molecule has 0 saturated carbocycles. The molecular weight excluding hydrogens is 655 g/mol. The topological polar surface area (TPSA) is 22.8 Å². The molecule has 0 radical (unpaired) electrons. The first-order chi connectivity index (χ1) is 26.8. The molecule has 1 aliphatic rings. The molecule has 11 aromatic rings. The van der Waals surface area contributed by atoms with Crippen LogP contribution in [0.4, 0.5) is 0 Å². The highest BCUT2D eigenvalue weighted by molar-refractivity contribution is 6.19. The third-order valence-electron chi connectivity index (χ3n) is 11.6. The minimum Gasteiger partial charge on any atom is -0.309 e. The van der Waals surface area contributed by atoms with E-state index in [2.05, 4.69) is 190 Å². The maximum absolute atomic E-state index is 4.58. The van der Waals surface area contributed by atoms with Gasteiger partial charge in [-0.15, -0.1) is 0 Å². The van der Waals surface area contributed by atoms with Crippen LogP contribution in [-0.2, 0) is 0 Å². The fourth-order valence-corrected chi connectivity index (χ4v) is 9.18. The van der Waals surface area contributed by atoms with Gasteiger partial charge in [0.2, 0.25) is 0 Å². The Morgan fingerprint density at radius 2 is 0.852 bits per heavy atom. The summed E-state index contributed by atoms with van der Waals surface area (Å²) >= 11 is 0. The number of hydrogen-bond donors (Lipinski definition) is 0. The Labute approximate surface area is 311 Å². The summed E-state index contributed by atoms with van der Waals surface area (Å²) in [6, 6.07) is 64.4. The van der Waals surface area contributed by atoms with Gasteiger partial charge in [0.15, 0.2) is 0 Å². The van der Waals surface area contributed by atoms with E-state index in [0.717, 1.165) is 16.6 Å². The van der Waals surface area contributed by atoms with Gasteiger partial charge in [-0.1, -0.05) is 115 Å². The van der Waals surface area contributed by atoms with Crippen LogP contribution < -0.4 is 0 Å². The highest BCUT2D eigenvalue weighted by atomic mass is 15.0. The molecule has 0 saturated heterocycles. The van der Waals surface area contributed by atoms with E-state index < -0.39 is 0 Å². The molecule has 0 aliphatic heterocycles. The Bertz CT molecular complexity index is 3280. The molecule has 54 heavy (non-hydrogen) atoms. The Kier molecular flexibility index (Phi) is 6.05. The van der Waals surface area contributed by atoms with Crippen molar-refractivity contribution in [3.05, 3.63) is 188 Å². The number of para-hydroxylation sites is 2. The lowest BCUT2D eigenvalue weighted by Crippen LogP contribution is -1.94. The second-order valence-electron chi connectivity index (χ2n) is 14.4. The molecule has 0 fully saturated rings. The molecule has 1 aliphatic carbocycles. The molecule has 0 bridgehead atoms. The number of hydrogen-bond acceptors (Lipinski definition) is 1. The zero-order valence-electron chi connectivity index (χ0n) is 29.2. The van der Waals surface area contributed by atoms with Crippen molar-refractivity contribution in [3.8, 4) is 55.9 Å². The molecule has 3 nitrogen and oxygen atoms in total. The standard InChI is InChI=1S/C51H31N3/c1-2-9-35(10-3-1)53-47-16-7-6-13-40(47)44-29-33(19-25-48(44)53)34-20-26-49-45(30-34)46-31-52-28-27-50(46)54(49)36-21-17-32(18-22-36)37-23-24-43-39-12-5-4-11-38(39)42-15-8-14-41(37)51(42)43/h1-31H. The summed E-state index contributed by atoms with van der Waals surface area (Å²) in [5, 5.41) is 7.50. The lowest BCUT2D eigenvalue weighted by atomic mass is 9.94. The fraction of sp³-hybridized carbons (Fsp3) is 0. The zero-order chi connectivity index (χ0) is 35.3. The molecule has 3 aromatic heterocycles. The van der Waals surface area contributed by atoms with Crippen LogP contribution in [0.5, 0.6) is 0 Å². The van der Waals surface area contributed by atoms with Crippen LogP contribution in [0.15, 0.2) is 188 Å². The first-order valence-corrected chi connectivity index (χ1v) is 18.5. The van der Waals surface area contributed by atoms with Crippen LogP contribution in [0.2, 0.25) is 0 Å². The molecule has 0 atom stereocenters. The van der Waals surface area contributed by atoms with Gasteiger partial charge in [0.1, 0.15) is 0 Å². The lowest BCUT2D eigenvalue weighted by Gasteiger charge is -2.12. The van der Waals surface area contributed by atoms with E-state index in [1.807, 2.05) is 12.4 Å². The van der Waals surface area contributed by atoms with Crippen LogP contribution in [0.25, 0.3) is 110 Å². The van der Waals surface area contributed by atoms with Crippen molar-refractivity contribution < 1.29 is 0 Å². The van der Waals surface area contributed by atoms with Crippen LogP contribution in [0.1, 0.15) is 0 Å². The largest absolute Gasteiger partial charge is 0.309 e. The third kappa shape index (κ3) is 4.09. The van der Waals surface area contributed by atoms with Crippen molar-refractivity contribution in [2.24, 2.45) is 0 Å². The second kappa shape index (κ2) is 11.1. The molecule has 0 amide bonds. The molecule has 0 spiro atoms. The van der Waals surface area contributed by atoms with E-state index in [-0.39, 0.29) is 0 Å². The maximum Gasteiger partial charge on any atom is 0.0571 e. The molecule has 250 valence electrons. The number of benzene rings is 8. The van der Waals surface area contributed by atoms with Gasteiger partial charge in [0, 0.05) is 45.3 Å². The summed E-state index contributed by atoms with van der Waals surface area (Å²) in [6.45, 7) is 0. The van der Waals surface area contributed by atoms with Crippen molar-refractivity contribution in [2.75, 3.05) is 0 Å². The number of nitrogens with zero attached hydrogens (tertiary/aromatic N) is 3. The Morgan fingerprint density at radius 3 is 1.61 bits per heavy atom. The summed E-state index contributed by atoms with van der Waals surface area (Å²) in [6.07, 6.45) is 3.90. The quantitative estimate of drug-likeness (QED) is 0.181. The minimum atomic E-state index is 1.13. The average molecular weight is 686 g/mol. The number of rotatable bonds is 4. The lowest BCUT2D eigenvalue weighted by molar-refractivity contribution is 1.17. The molecular formula is C51H31N3. The molecule has 3 heterocycles. The van der Waals surface area contributed by atoms with Gasteiger partial charge in [0.25, 0.3) is 0 Å². The molecule has 0 unspecified atom stereocenters. The number of pyridine rings is 1. The monoisotopic (exact) mass is 685 g/mol. The predicted molar refractivity (Wildman–Crippen MR) is 226 cm³/mol. The highest BCUT2D eigenvalue weighted by Gasteiger charge is 2.22. The number of fused-ring (bicyclic) bond motifs is 9. The van der Waals surface area contributed by atoms with E-state index >= 15 is 0 Å². The molecule has 3 heteroatoms. The van der Waals surface area contributed by atoms with Crippen molar-refractivity contribution >= 4 is 54.4 Å². The van der Waals surface area contributed by atoms with E-state index in [1.165, 1.54) is 93.7 Å². The fourth-order valence-electron chi connectivity index (χ4n) is 9.18. The van der Waals surface area contributed by atoms with Gasteiger partial charge in [-0.3, -0.25) is 4.98 Å². The summed E-state index contributed by atoms with van der Waals surface area (Å²) in [4.78, 5) is 4.58. The van der Waals surface area contributed by atoms with Gasteiger partial charge in [-0.25, -0.2) is 0 Å². The van der Waals surface area contributed by atoms with Crippen LogP contribution in [0, 0.1) is 0 Å². The highest BCUT2D eigenvalue weighted by Crippen LogP contribution is 2.49. The van der Waals surface area contributed by atoms with Crippen molar-refractivity contribution in [3.63, 3.8) is 0 Å². The average Bonchev–Trinajstić information content (AvgIpc) is 3.88.